The van der Waals surface area contributed by atoms with E-state index in [0.717, 1.165) is 0 Å². The summed E-state index contributed by atoms with van der Waals surface area (Å²) in [4.78, 5) is 27.2. The second-order valence-electron chi connectivity index (χ2n) is 7.29. The number of aromatic nitrogens is 6. The highest BCUT2D eigenvalue weighted by Crippen LogP contribution is 2.19. The number of carboxylic acid groups (broad SMARTS) is 1. The molecule has 0 atom stereocenters. The van der Waals surface area contributed by atoms with Gasteiger partial charge in [0.15, 0.2) is 0 Å². The van der Waals surface area contributed by atoms with Crippen LogP contribution in [0.2, 0.25) is 0 Å². The fourth-order valence-electron chi connectivity index (χ4n) is 2.62. The van der Waals surface area contributed by atoms with Crippen LogP contribution in [-0.2, 0) is 13.6 Å². The SMILES string of the molecule is Cn1cc(C(=O)NCC(C)(C)Cn2cc(-c3ccc(C(=O)O)cn3)nn2)cn1. The Labute approximate surface area is 161 Å². The Hall–Kier alpha value is -3.56. The molecule has 0 radical (unpaired) electrons. The van der Waals surface area contributed by atoms with E-state index in [-0.39, 0.29) is 16.9 Å². The van der Waals surface area contributed by atoms with Gasteiger partial charge in [0.05, 0.1) is 29.2 Å². The van der Waals surface area contributed by atoms with E-state index in [1.807, 2.05) is 13.8 Å². The number of rotatable bonds is 7. The summed E-state index contributed by atoms with van der Waals surface area (Å²) >= 11 is 0. The molecule has 28 heavy (non-hydrogen) atoms. The molecular weight excluding hydrogens is 362 g/mol. The number of nitrogens with zero attached hydrogens (tertiary/aromatic N) is 6. The van der Waals surface area contributed by atoms with Crippen LogP contribution in [0.4, 0.5) is 0 Å². The summed E-state index contributed by atoms with van der Waals surface area (Å²) < 4.78 is 3.26. The fraction of sp³-hybridized carbons (Fsp3) is 0.333. The van der Waals surface area contributed by atoms with E-state index in [0.29, 0.717) is 30.0 Å². The quantitative estimate of drug-likeness (QED) is 0.628. The number of aryl methyl sites for hydroxylation is 1. The van der Waals surface area contributed by atoms with Crippen molar-refractivity contribution in [2.75, 3.05) is 6.54 Å². The molecule has 0 unspecified atom stereocenters. The summed E-state index contributed by atoms with van der Waals surface area (Å²) in [6.07, 6.45) is 6.21. The molecular formula is C18H21N7O3. The van der Waals surface area contributed by atoms with E-state index < -0.39 is 5.97 Å². The molecule has 3 aromatic rings. The van der Waals surface area contributed by atoms with Crippen molar-refractivity contribution in [2.24, 2.45) is 12.5 Å². The minimum atomic E-state index is -1.03. The summed E-state index contributed by atoms with van der Waals surface area (Å²) in [5.41, 5.74) is 1.44. The van der Waals surface area contributed by atoms with E-state index in [1.54, 1.807) is 34.9 Å². The molecule has 1 amide bonds. The normalized spacial score (nSPS) is 11.4. The number of carbonyl (C=O) groups is 2. The zero-order chi connectivity index (χ0) is 20.3. The van der Waals surface area contributed by atoms with Crippen molar-refractivity contribution in [1.82, 2.24) is 35.1 Å². The molecule has 0 saturated heterocycles. The van der Waals surface area contributed by atoms with Crippen LogP contribution in [0.15, 0.2) is 36.9 Å². The summed E-state index contributed by atoms with van der Waals surface area (Å²) in [6.45, 7) is 5.00. The number of amides is 1. The van der Waals surface area contributed by atoms with E-state index in [9.17, 15) is 9.59 Å². The van der Waals surface area contributed by atoms with Gasteiger partial charge in [-0.25, -0.2) is 4.79 Å². The predicted octanol–water partition coefficient (Wildman–Crippen LogP) is 1.23. The first-order chi connectivity index (χ1) is 13.2. The van der Waals surface area contributed by atoms with Crippen molar-refractivity contribution >= 4 is 11.9 Å². The fourth-order valence-corrected chi connectivity index (χ4v) is 2.62. The summed E-state index contributed by atoms with van der Waals surface area (Å²) in [5.74, 6) is -1.21. The third-order valence-electron chi connectivity index (χ3n) is 4.10. The number of hydrogen-bond acceptors (Lipinski definition) is 6. The number of carbonyl (C=O) groups excluding carboxylic acids is 1. The molecule has 0 aliphatic rings. The van der Waals surface area contributed by atoms with E-state index in [2.05, 4.69) is 25.7 Å². The van der Waals surface area contributed by atoms with Gasteiger partial charge in [0.1, 0.15) is 5.69 Å². The highest BCUT2D eigenvalue weighted by atomic mass is 16.4. The van der Waals surface area contributed by atoms with E-state index >= 15 is 0 Å². The first-order valence-electron chi connectivity index (χ1n) is 8.60. The van der Waals surface area contributed by atoms with Gasteiger partial charge in [-0.05, 0) is 12.1 Å². The lowest BCUT2D eigenvalue weighted by Gasteiger charge is -2.24. The molecule has 2 N–H and O–H groups in total. The Kier molecular flexibility index (Phi) is 5.21. The van der Waals surface area contributed by atoms with E-state index in [4.69, 9.17) is 5.11 Å². The molecule has 3 heterocycles. The standard InChI is InChI=1S/C18H21N7O3/c1-18(2,10-20-16(26)13-7-21-24(3)8-13)11-25-9-15(22-23-25)14-5-4-12(6-19-14)17(27)28/h4-9H,10-11H2,1-3H3,(H,20,26)(H,27,28). The van der Waals surface area contributed by atoms with Gasteiger partial charge in [-0.1, -0.05) is 19.1 Å². The molecule has 146 valence electrons. The van der Waals surface area contributed by atoms with Gasteiger partial charge in [0.25, 0.3) is 5.91 Å². The van der Waals surface area contributed by atoms with Gasteiger partial charge < -0.3 is 10.4 Å². The highest BCUT2D eigenvalue weighted by Gasteiger charge is 2.22. The maximum absolute atomic E-state index is 12.2. The van der Waals surface area contributed by atoms with Crippen LogP contribution in [0.25, 0.3) is 11.4 Å². The van der Waals surface area contributed by atoms with Gasteiger partial charge in [0, 0.05) is 37.9 Å². The van der Waals surface area contributed by atoms with Crippen molar-refractivity contribution in [3.63, 3.8) is 0 Å². The minimum absolute atomic E-state index is 0.113. The van der Waals surface area contributed by atoms with E-state index in [1.165, 1.54) is 18.5 Å². The molecule has 0 aliphatic heterocycles. The second-order valence-corrected chi connectivity index (χ2v) is 7.29. The highest BCUT2D eigenvalue weighted by molar-refractivity contribution is 5.93. The Morgan fingerprint density at radius 3 is 2.54 bits per heavy atom. The molecule has 0 aliphatic carbocycles. The molecule has 10 heteroatoms. The van der Waals surface area contributed by atoms with Gasteiger partial charge in [-0.15, -0.1) is 5.10 Å². The first kappa shape index (κ1) is 19.2. The van der Waals surface area contributed by atoms with Crippen LogP contribution < -0.4 is 5.32 Å². The molecule has 0 aromatic carbocycles. The number of aromatic carboxylic acids is 1. The van der Waals surface area contributed by atoms with Gasteiger partial charge in [0.2, 0.25) is 0 Å². The summed E-state index contributed by atoms with van der Waals surface area (Å²) in [7, 11) is 1.76. The maximum Gasteiger partial charge on any atom is 0.337 e. The van der Waals surface area contributed by atoms with Crippen molar-refractivity contribution in [2.45, 2.75) is 20.4 Å². The van der Waals surface area contributed by atoms with Crippen LogP contribution in [0.5, 0.6) is 0 Å². The first-order valence-corrected chi connectivity index (χ1v) is 8.60. The van der Waals surface area contributed by atoms with Gasteiger partial charge >= 0.3 is 5.97 Å². The Morgan fingerprint density at radius 2 is 1.93 bits per heavy atom. The predicted molar refractivity (Wildman–Crippen MR) is 99.5 cm³/mol. The maximum atomic E-state index is 12.2. The van der Waals surface area contributed by atoms with Crippen LogP contribution >= 0.6 is 0 Å². The molecule has 3 rings (SSSR count). The average molecular weight is 383 g/mol. The Bertz CT molecular complexity index is 989. The zero-order valence-electron chi connectivity index (χ0n) is 15.8. The topological polar surface area (TPSA) is 128 Å². The smallest absolute Gasteiger partial charge is 0.337 e. The van der Waals surface area contributed by atoms with Gasteiger partial charge in [-0.2, -0.15) is 5.10 Å². The number of pyridine rings is 1. The Balaban J connectivity index is 1.61. The third kappa shape index (κ3) is 4.58. The number of hydrogen-bond donors (Lipinski definition) is 2. The van der Waals surface area contributed by atoms with Crippen molar-refractivity contribution in [3.05, 3.63) is 48.0 Å². The minimum Gasteiger partial charge on any atom is -0.478 e. The van der Waals surface area contributed by atoms with Crippen molar-refractivity contribution in [3.8, 4) is 11.4 Å². The molecule has 0 saturated carbocycles. The zero-order valence-corrected chi connectivity index (χ0v) is 15.8. The van der Waals surface area contributed by atoms with Crippen molar-refractivity contribution < 1.29 is 14.7 Å². The number of carboxylic acids is 1. The third-order valence-corrected chi connectivity index (χ3v) is 4.10. The number of nitrogens with one attached hydrogen (secondary N) is 1. The van der Waals surface area contributed by atoms with Crippen LogP contribution in [0, 0.1) is 5.41 Å². The molecule has 0 bridgehead atoms. The average Bonchev–Trinajstić information content (AvgIpc) is 3.28. The molecule has 10 nitrogen and oxygen atoms in total. The molecule has 0 spiro atoms. The lowest BCUT2D eigenvalue weighted by atomic mass is 9.93. The Morgan fingerprint density at radius 1 is 1.14 bits per heavy atom. The van der Waals surface area contributed by atoms with Crippen molar-refractivity contribution in [1.29, 1.82) is 0 Å². The monoisotopic (exact) mass is 383 g/mol. The lowest BCUT2D eigenvalue weighted by molar-refractivity contribution is 0.0696. The lowest BCUT2D eigenvalue weighted by Crippen LogP contribution is -2.36. The van der Waals surface area contributed by atoms with Crippen LogP contribution in [-0.4, -0.2) is 53.3 Å². The molecule has 3 aromatic heterocycles. The molecule has 0 fully saturated rings. The van der Waals surface area contributed by atoms with Crippen LogP contribution in [0.3, 0.4) is 0 Å². The largest absolute Gasteiger partial charge is 0.478 e. The second kappa shape index (κ2) is 7.59. The van der Waals surface area contributed by atoms with Gasteiger partial charge in [-0.3, -0.25) is 19.1 Å². The summed E-state index contributed by atoms with van der Waals surface area (Å²) in [6, 6.07) is 3.07. The van der Waals surface area contributed by atoms with Crippen LogP contribution in [0.1, 0.15) is 34.6 Å². The summed E-state index contributed by atoms with van der Waals surface area (Å²) in [5, 5.41) is 24.0.